The summed E-state index contributed by atoms with van der Waals surface area (Å²) in [6.07, 6.45) is -5.39. The third-order valence-electron chi connectivity index (χ3n) is 5.20. The van der Waals surface area contributed by atoms with E-state index in [1.54, 1.807) is 29.2 Å². The van der Waals surface area contributed by atoms with Crippen LogP contribution in [0.15, 0.2) is 36.4 Å². The van der Waals surface area contributed by atoms with Gasteiger partial charge in [0.15, 0.2) is 17.1 Å². The van der Waals surface area contributed by atoms with E-state index in [0.717, 1.165) is 0 Å². The molecule has 0 radical (unpaired) electrons. The molecule has 0 spiro atoms. The molecule has 2 aliphatic heterocycles. The van der Waals surface area contributed by atoms with E-state index >= 15 is 0 Å². The van der Waals surface area contributed by atoms with Crippen molar-refractivity contribution >= 4 is 17.4 Å². The quantitative estimate of drug-likeness (QED) is 0.606. The van der Waals surface area contributed by atoms with E-state index in [2.05, 4.69) is 15.3 Å². The maximum atomic E-state index is 13.1. The normalized spacial score (nSPS) is 19.0. The lowest BCUT2D eigenvalue weighted by molar-refractivity contribution is -0.146. The molecule has 0 N–H and O–H groups in total. The topological polar surface area (TPSA) is 85.1 Å². The summed E-state index contributed by atoms with van der Waals surface area (Å²) < 4.78 is 51.4. The summed E-state index contributed by atoms with van der Waals surface area (Å²) in [6, 6.07) is 10.2. The number of ether oxygens (including phenoxy) is 2. The molecule has 1 atom stereocenters. The standard InChI is InChI=1S/C19H17F3N6O3/c20-19(21,22)18-24-23-15-5-6-16(25-28(15)18)26-7-9-27(10-8-26)17(29)14-11-30-12-3-1-2-4-13(12)31-14/h1-6,14H,7-11H2. The molecule has 0 aliphatic carbocycles. The molecule has 4 heterocycles. The molecule has 1 unspecified atom stereocenters. The molecular weight excluding hydrogens is 417 g/mol. The largest absolute Gasteiger partial charge is 0.485 e. The Hall–Kier alpha value is -3.57. The second-order valence-electron chi connectivity index (χ2n) is 7.16. The number of benzene rings is 1. The number of hydrogen-bond acceptors (Lipinski definition) is 7. The first-order valence-corrected chi connectivity index (χ1v) is 9.62. The summed E-state index contributed by atoms with van der Waals surface area (Å²) in [5.41, 5.74) is 0.0135. The van der Waals surface area contributed by atoms with Crippen molar-refractivity contribution in [2.45, 2.75) is 12.3 Å². The number of alkyl halides is 3. The Labute approximate surface area is 174 Å². The van der Waals surface area contributed by atoms with Gasteiger partial charge >= 0.3 is 6.18 Å². The SMILES string of the molecule is O=C(C1COc2ccccc2O1)N1CCN(c2ccc3nnc(C(F)(F)F)n3n2)CC1. The Morgan fingerprint density at radius 1 is 1.00 bits per heavy atom. The molecule has 0 bridgehead atoms. The highest BCUT2D eigenvalue weighted by Gasteiger charge is 2.38. The number of nitrogens with zero attached hydrogens (tertiary/aromatic N) is 6. The molecule has 5 rings (SSSR count). The third-order valence-corrected chi connectivity index (χ3v) is 5.20. The van der Waals surface area contributed by atoms with E-state index in [1.807, 2.05) is 11.0 Å². The maximum absolute atomic E-state index is 13.1. The minimum Gasteiger partial charge on any atom is -0.485 e. The van der Waals surface area contributed by atoms with Gasteiger partial charge in [-0.2, -0.15) is 17.7 Å². The van der Waals surface area contributed by atoms with E-state index in [0.29, 0.717) is 48.0 Å². The number of carbonyl (C=O) groups is 1. The van der Waals surface area contributed by atoms with Gasteiger partial charge in [-0.15, -0.1) is 15.3 Å². The van der Waals surface area contributed by atoms with Crippen molar-refractivity contribution in [2.75, 3.05) is 37.7 Å². The third kappa shape index (κ3) is 3.57. The van der Waals surface area contributed by atoms with E-state index in [4.69, 9.17) is 9.47 Å². The van der Waals surface area contributed by atoms with Crippen LogP contribution in [0.3, 0.4) is 0 Å². The summed E-state index contributed by atoms with van der Waals surface area (Å²) in [5.74, 6) is 0.127. The molecule has 1 saturated heterocycles. The van der Waals surface area contributed by atoms with Crippen molar-refractivity contribution in [3.63, 3.8) is 0 Å². The van der Waals surface area contributed by atoms with Crippen molar-refractivity contribution in [1.82, 2.24) is 24.7 Å². The predicted molar refractivity (Wildman–Crippen MR) is 101 cm³/mol. The second-order valence-corrected chi connectivity index (χ2v) is 7.16. The van der Waals surface area contributed by atoms with E-state index in [1.165, 1.54) is 6.07 Å². The summed E-state index contributed by atoms with van der Waals surface area (Å²) >= 11 is 0. The summed E-state index contributed by atoms with van der Waals surface area (Å²) in [7, 11) is 0. The van der Waals surface area contributed by atoms with Gasteiger partial charge in [-0.05, 0) is 24.3 Å². The van der Waals surface area contributed by atoms with Gasteiger partial charge in [0.25, 0.3) is 11.7 Å². The van der Waals surface area contributed by atoms with Gasteiger partial charge < -0.3 is 19.3 Å². The molecule has 1 amide bonds. The minimum absolute atomic E-state index is 0.0135. The van der Waals surface area contributed by atoms with Crippen LogP contribution >= 0.6 is 0 Å². The molecule has 2 aromatic heterocycles. The Morgan fingerprint density at radius 2 is 1.74 bits per heavy atom. The highest BCUT2D eigenvalue weighted by Crippen LogP contribution is 2.31. The predicted octanol–water partition coefficient (Wildman–Crippen LogP) is 1.63. The van der Waals surface area contributed by atoms with Crippen LogP contribution in [0.4, 0.5) is 19.0 Å². The van der Waals surface area contributed by atoms with Crippen molar-refractivity contribution in [1.29, 1.82) is 0 Å². The van der Waals surface area contributed by atoms with Crippen molar-refractivity contribution in [3.05, 3.63) is 42.2 Å². The first kappa shape index (κ1) is 19.4. The number of piperazine rings is 1. The van der Waals surface area contributed by atoms with Crippen LogP contribution in [0, 0.1) is 0 Å². The van der Waals surface area contributed by atoms with Crippen LogP contribution in [0.5, 0.6) is 11.5 Å². The molecule has 12 heteroatoms. The van der Waals surface area contributed by atoms with Gasteiger partial charge in [0, 0.05) is 26.2 Å². The number of amides is 1. The minimum atomic E-state index is -4.66. The lowest BCUT2D eigenvalue weighted by Gasteiger charge is -2.37. The lowest BCUT2D eigenvalue weighted by Crippen LogP contribution is -2.54. The van der Waals surface area contributed by atoms with E-state index < -0.39 is 18.1 Å². The fraction of sp³-hybridized carbons (Fsp3) is 0.368. The number of anilines is 1. The van der Waals surface area contributed by atoms with Crippen LogP contribution in [0.1, 0.15) is 5.82 Å². The van der Waals surface area contributed by atoms with Crippen LogP contribution in [-0.2, 0) is 11.0 Å². The van der Waals surface area contributed by atoms with Crippen LogP contribution in [0.25, 0.3) is 5.65 Å². The van der Waals surface area contributed by atoms with Crippen molar-refractivity contribution in [2.24, 2.45) is 0 Å². The zero-order chi connectivity index (χ0) is 21.6. The van der Waals surface area contributed by atoms with Gasteiger partial charge in [0.2, 0.25) is 6.10 Å². The second kappa shape index (κ2) is 7.29. The molecular formula is C19H17F3N6O3. The number of carbonyl (C=O) groups excluding carboxylic acids is 1. The van der Waals surface area contributed by atoms with Gasteiger partial charge in [-0.3, -0.25) is 4.79 Å². The van der Waals surface area contributed by atoms with Crippen LogP contribution in [0.2, 0.25) is 0 Å². The summed E-state index contributed by atoms with van der Waals surface area (Å²) in [4.78, 5) is 16.3. The molecule has 3 aromatic rings. The summed E-state index contributed by atoms with van der Waals surface area (Å²) in [5, 5.41) is 10.8. The smallest absolute Gasteiger partial charge is 0.453 e. The number of fused-ring (bicyclic) bond motifs is 2. The van der Waals surface area contributed by atoms with Crippen molar-refractivity contribution in [3.8, 4) is 11.5 Å². The number of halogens is 3. The number of rotatable bonds is 2. The van der Waals surface area contributed by atoms with Gasteiger partial charge in [-0.1, -0.05) is 12.1 Å². The van der Waals surface area contributed by atoms with E-state index in [9.17, 15) is 18.0 Å². The van der Waals surface area contributed by atoms with Crippen molar-refractivity contribution < 1.29 is 27.4 Å². The molecule has 9 nitrogen and oxygen atoms in total. The Bertz CT molecular complexity index is 1130. The average molecular weight is 434 g/mol. The first-order chi connectivity index (χ1) is 14.9. The summed E-state index contributed by atoms with van der Waals surface area (Å²) in [6.45, 7) is 1.72. The fourth-order valence-electron chi connectivity index (χ4n) is 3.63. The lowest BCUT2D eigenvalue weighted by atomic mass is 10.2. The maximum Gasteiger partial charge on any atom is 0.453 e. The zero-order valence-corrected chi connectivity index (χ0v) is 16.1. The van der Waals surface area contributed by atoms with Gasteiger partial charge in [0.05, 0.1) is 0 Å². The van der Waals surface area contributed by atoms with Gasteiger partial charge in [0.1, 0.15) is 12.4 Å². The first-order valence-electron chi connectivity index (χ1n) is 9.62. The molecule has 162 valence electrons. The Kier molecular flexibility index (Phi) is 4.56. The highest BCUT2D eigenvalue weighted by atomic mass is 19.4. The average Bonchev–Trinajstić information content (AvgIpc) is 3.22. The number of hydrogen-bond donors (Lipinski definition) is 0. The van der Waals surface area contributed by atoms with Crippen LogP contribution < -0.4 is 14.4 Å². The highest BCUT2D eigenvalue weighted by molar-refractivity contribution is 5.82. The molecule has 2 aliphatic rings. The molecule has 1 aromatic carbocycles. The fourth-order valence-corrected chi connectivity index (χ4v) is 3.63. The van der Waals surface area contributed by atoms with E-state index in [-0.39, 0.29) is 18.2 Å². The monoisotopic (exact) mass is 434 g/mol. The molecule has 31 heavy (non-hydrogen) atoms. The zero-order valence-electron chi connectivity index (χ0n) is 16.1. The Balaban J connectivity index is 1.26. The Morgan fingerprint density at radius 3 is 2.48 bits per heavy atom. The van der Waals surface area contributed by atoms with Gasteiger partial charge in [-0.25, -0.2) is 0 Å². The number of para-hydroxylation sites is 2. The molecule has 1 fully saturated rings. The number of aromatic nitrogens is 4. The molecule has 0 saturated carbocycles. The van der Waals surface area contributed by atoms with Crippen LogP contribution in [-0.4, -0.2) is 69.5 Å².